The first-order chi connectivity index (χ1) is 9.56. The van der Waals surface area contributed by atoms with Gasteiger partial charge in [0.1, 0.15) is 5.01 Å². The van der Waals surface area contributed by atoms with Crippen LogP contribution in [-0.2, 0) is 0 Å². The number of hydrogen-bond acceptors (Lipinski definition) is 7. The molecular formula is C10H10N6O3S. The summed E-state index contributed by atoms with van der Waals surface area (Å²) in [6.07, 6.45) is 2.78. The van der Waals surface area contributed by atoms with Crippen molar-refractivity contribution in [3.63, 3.8) is 0 Å². The quantitative estimate of drug-likeness (QED) is 0.763. The van der Waals surface area contributed by atoms with E-state index in [1.165, 1.54) is 17.8 Å². The number of carboxylic acid groups (broad SMARTS) is 1. The molecule has 104 valence electrons. The Morgan fingerprint density at radius 2 is 2.20 bits per heavy atom. The number of urea groups is 1. The third-order valence-electron chi connectivity index (χ3n) is 2.17. The summed E-state index contributed by atoms with van der Waals surface area (Å²) in [7, 11) is 0. The van der Waals surface area contributed by atoms with Gasteiger partial charge in [0.25, 0.3) is 5.95 Å². The number of thiazole rings is 1. The molecule has 20 heavy (non-hydrogen) atoms. The van der Waals surface area contributed by atoms with Crippen LogP contribution in [-0.4, -0.2) is 37.3 Å². The second-order valence-electron chi connectivity index (χ2n) is 3.66. The van der Waals surface area contributed by atoms with Gasteiger partial charge in [-0.25, -0.2) is 19.6 Å². The predicted octanol–water partition coefficient (Wildman–Crippen LogP) is 0.909. The molecule has 2 rings (SSSR count). The van der Waals surface area contributed by atoms with E-state index in [0.29, 0.717) is 5.01 Å². The van der Waals surface area contributed by atoms with Gasteiger partial charge in [0.05, 0.1) is 18.4 Å². The number of nitrogens with zero attached hydrogens (tertiary/aromatic N) is 4. The molecule has 0 spiro atoms. The number of rotatable bonds is 4. The molecule has 2 aromatic heterocycles. The Bertz CT molecular complexity index is 616. The first kappa shape index (κ1) is 13.8. The number of nitrogens with one attached hydrogen (secondary N) is 2. The molecular weight excluding hydrogens is 284 g/mol. The number of carboxylic acids is 1. The number of hydrogen-bond donors (Lipinski definition) is 3. The molecule has 0 fully saturated rings. The molecule has 2 aromatic rings. The summed E-state index contributed by atoms with van der Waals surface area (Å²) in [5.74, 6) is -1.03. The minimum absolute atomic E-state index is 0.0466. The lowest BCUT2D eigenvalue weighted by Gasteiger charge is -2.11. The van der Waals surface area contributed by atoms with Crippen molar-refractivity contribution in [2.24, 2.45) is 0 Å². The number of aromatic carboxylic acids is 1. The molecule has 0 bridgehead atoms. The van der Waals surface area contributed by atoms with E-state index in [-0.39, 0.29) is 11.6 Å². The molecule has 1 unspecified atom stereocenters. The molecule has 9 nitrogen and oxygen atoms in total. The first-order valence-corrected chi connectivity index (χ1v) is 6.34. The molecule has 0 saturated heterocycles. The Balaban J connectivity index is 1.95. The van der Waals surface area contributed by atoms with Crippen LogP contribution < -0.4 is 10.6 Å². The van der Waals surface area contributed by atoms with Crippen LogP contribution in [0.1, 0.15) is 28.5 Å². The topological polar surface area (TPSA) is 130 Å². The Hall–Kier alpha value is -2.62. The largest absolute Gasteiger partial charge is 0.476 e. The van der Waals surface area contributed by atoms with E-state index in [4.69, 9.17) is 5.11 Å². The number of carbonyl (C=O) groups excluding carboxylic acids is 1. The van der Waals surface area contributed by atoms with Crippen LogP contribution in [0.15, 0.2) is 17.8 Å². The lowest BCUT2D eigenvalue weighted by atomic mass is 10.3. The van der Waals surface area contributed by atoms with E-state index in [1.54, 1.807) is 6.92 Å². The van der Waals surface area contributed by atoms with Crippen LogP contribution in [0.5, 0.6) is 0 Å². The van der Waals surface area contributed by atoms with E-state index >= 15 is 0 Å². The van der Waals surface area contributed by atoms with Crippen LogP contribution in [0.4, 0.5) is 10.7 Å². The third kappa shape index (κ3) is 3.45. The van der Waals surface area contributed by atoms with E-state index < -0.39 is 18.0 Å². The zero-order chi connectivity index (χ0) is 14.5. The van der Waals surface area contributed by atoms with E-state index in [2.05, 4.69) is 30.8 Å². The van der Waals surface area contributed by atoms with Crippen LogP contribution in [0.3, 0.4) is 0 Å². The van der Waals surface area contributed by atoms with Crippen LogP contribution in [0.2, 0.25) is 0 Å². The van der Waals surface area contributed by atoms with Crippen molar-refractivity contribution in [2.45, 2.75) is 13.0 Å². The molecule has 10 heteroatoms. The fourth-order valence-corrected chi connectivity index (χ4v) is 2.09. The van der Waals surface area contributed by atoms with Crippen molar-refractivity contribution in [2.75, 3.05) is 5.32 Å². The fraction of sp³-hybridized carbons (Fsp3) is 0.200. The summed E-state index contributed by atoms with van der Waals surface area (Å²) in [6.45, 7) is 1.69. The maximum absolute atomic E-state index is 11.7. The van der Waals surface area contributed by atoms with Gasteiger partial charge < -0.3 is 10.4 Å². The normalized spacial score (nSPS) is 11.7. The van der Waals surface area contributed by atoms with Crippen molar-refractivity contribution < 1.29 is 14.7 Å². The monoisotopic (exact) mass is 294 g/mol. The van der Waals surface area contributed by atoms with Crippen molar-refractivity contribution >= 4 is 29.3 Å². The molecule has 3 N–H and O–H groups in total. The van der Waals surface area contributed by atoms with Gasteiger partial charge in [-0.15, -0.1) is 16.4 Å². The summed E-state index contributed by atoms with van der Waals surface area (Å²) < 4.78 is 0. The van der Waals surface area contributed by atoms with Crippen molar-refractivity contribution in [1.82, 2.24) is 25.5 Å². The molecule has 0 aliphatic carbocycles. The Morgan fingerprint density at radius 1 is 1.40 bits per heavy atom. The summed E-state index contributed by atoms with van der Waals surface area (Å²) in [5.41, 5.74) is -0.0466. The zero-order valence-electron chi connectivity index (χ0n) is 10.3. The highest BCUT2D eigenvalue weighted by molar-refractivity contribution is 7.09. The second kappa shape index (κ2) is 6.02. The van der Waals surface area contributed by atoms with Crippen molar-refractivity contribution in [3.05, 3.63) is 28.5 Å². The molecule has 2 heterocycles. The van der Waals surface area contributed by atoms with Gasteiger partial charge in [0.15, 0.2) is 5.69 Å². The van der Waals surface area contributed by atoms with Crippen LogP contribution >= 0.6 is 11.3 Å². The molecule has 1 atom stereocenters. The molecule has 0 aliphatic heterocycles. The van der Waals surface area contributed by atoms with Crippen molar-refractivity contribution in [3.8, 4) is 0 Å². The van der Waals surface area contributed by atoms with Gasteiger partial charge in [-0.3, -0.25) is 5.32 Å². The number of carbonyl (C=O) groups is 2. The van der Waals surface area contributed by atoms with E-state index in [9.17, 15) is 9.59 Å². The van der Waals surface area contributed by atoms with Crippen LogP contribution in [0, 0.1) is 0 Å². The van der Waals surface area contributed by atoms with Gasteiger partial charge in [-0.05, 0) is 6.92 Å². The predicted molar refractivity (Wildman–Crippen MR) is 69.5 cm³/mol. The SMILES string of the molecule is CC(NC(=O)Nc1nccnn1)c1nc(C(=O)O)cs1. The second-order valence-corrected chi connectivity index (χ2v) is 4.55. The third-order valence-corrected chi connectivity index (χ3v) is 3.19. The van der Waals surface area contributed by atoms with Gasteiger partial charge in [-0.1, -0.05) is 0 Å². The Morgan fingerprint density at radius 3 is 2.80 bits per heavy atom. The number of amides is 2. The molecule has 0 aliphatic rings. The zero-order valence-corrected chi connectivity index (χ0v) is 11.1. The molecule has 2 amide bonds. The van der Waals surface area contributed by atoms with Crippen LogP contribution in [0.25, 0.3) is 0 Å². The highest BCUT2D eigenvalue weighted by atomic mass is 32.1. The number of anilines is 1. The lowest BCUT2D eigenvalue weighted by Crippen LogP contribution is -2.31. The maximum Gasteiger partial charge on any atom is 0.355 e. The van der Waals surface area contributed by atoms with E-state index in [1.807, 2.05) is 0 Å². The molecule has 0 aromatic carbocycles. The van der Waals surface area contributed by atoms with Gasteiger partial charge >= 0.3 is 12.0 Å². The minimum Gasteiger partial charge on any atom is -0.476 e. The fourth-order valence-electron chi connectivity index (χ4n) is 1.29. The van der Waals surface area contributed by atoms with Gasteiger partial charge in [0, 0.05) is 5.38 Å². The smallest absolute Gasteiger partial charge is 0.355 e. The summed E-state index contributed by atoms with van der Waals surface area (Å²) in [6, 6.07) is -0.970. The lowest BCUT2D eigenvalue weighted by molar-refractivity contribution is 0.0691. The standard InChI is InChI=1S/C10H10N6O3S/c1-5(7-14-6(4-20-7)8(17)18)13-10(19)15-9-11-2-3-12-16-9/h2-5H,1H3,(H,17,18)(H2,11,13,15,16,19). The van der Waals surface area contributed by atoms with Gasteiger partial charge in [0.2, 0.25) is 0 Å². The molecule has 0 saturated carbocycles. The highest BCUT2D eigenvalue weighted by Crippen LogP contribution is 2.17. The Labute approximate surface area is 117 Å². The summed E-state index contributed by atoms with van der Waals surface area (Å²) >= 11 is 1.16. The average molecular weight is 294 g/mol. The average Bonchev–Trinajstić information content (AvgIpc) is 2.89. The Kier molecular flexibility index (Phi) is 4.15. The van der Waals surface area contributed by atoms with E-state index in [0.717, 1.165) is 11.3 Å². The highest BCUT2D eigenvalue weighted by Gasteiger charge is 2.16. The summed E-state index contributed by atoms with van der Waals surface area (Å²) in [5, 5.41) is 22.8. The minimum atomic E-state index is -1.10. The van der Waals surface area contributed by atoms with Gasteiger partial charge in [-0.2, -0.15) is 5.10 Å². The number of aromatic nitrogens is 4. The van der Waals surface area contributed by atoms with Crippen molar-refractivity contribution in [1.29, 1.82) is 0 Å². The first-order valence-electron chi connectivity index (χ1n) is 5.46. The molecule has 0 radical (unpaired) electrons. The maximum atomic E-state index is 11.7. The summed E-state index contributed by atoms with van der Waals surface area (Å²) in [4.78, 5) is 30.1.